The third-order valence-corrected chi connectivity index (χ3v) is 5.06. The van der Waals surface area contributed by atoms with Crippen LogP contribution in [0.1, 0.15) is 81.4 Å². The normalized spacial score (nSPS) is 24.6. The van der Waals surface area contributed by atoms with Crippen molar-refractivity contribution in [3.05, 3.63) is 11.6 Å². The van der Waals surface area contributed by atoms with Crippen LogP contribution in [0, 0.1) is 0 Å². The van der Waals surface area contributed by atoms with Crippen LogP contribution in [0.25, 0.3) is 0 Å². The molecule has 0 radical (unpaired) electrons. The zero-order valence-electron chi connectivity index (χ0n) is 13.7. The third-order valence-electron chi connectivity index (χ3n) is 5.06. The lowest BCUT2D eigenvalue weighted by atomic mass is 10.0. The number of carbonyl (C=O) groups excluding carboxylic acids is 1. The van der Waals surface area contributed by atoms with E-state index in [4.69, 9.17) is 4.74 Å². The lowest BCUT2D eigenvalue weighted by molar-refractivity contribution is -0.122. The molecule has 0 spiro atoms. The number of ether oxygens (including phenoxy) is 1. The molecule has 4 rings (SSSR count). The lowest BCUT2D eigenvalue weighted by Crippen LogP contribution is -2.27. The standard InChI is InChI=1S/C17H26N4O2/c22-16(9-8-14-3-1-2-10-23-14)18-11-15-19-20-17(12-4-5-12)21(15)13-6-7-13/h12-14H,1-11H2,(H,18,22). The molecule has 3 aliphatic rings. The number of nitrogens with zero attached hydrogens (tertiary/aromatic N) is 3. The summed E-state index contributed by atoms with van der Waals surface area (Å²) in [5.41, 5.74) is 0. The molecular formula is C17H26N4O2. The summed E-state index contributed by atoms with van der Waals surface area (Å²) in [6.07, 6.45) is 10.0. The fraction of sp³-hybridized carbons (Fsp3) is 0.824. The van der Waals surface area contributed by atoms with Crippen molar-refractivity contribution in [3.8, 4) is 0 Å². The van der Waals surface area contributed by atoms with Crippen LogP contribution in [0.3, 0.4) is 0 Å². The Labute approximate surface area is 137 Å². The van der Waals surface area contributed by atoms with E-state index >= 15 is 0 Å². The zero-order chi connectivity index (χ0) is 15.6. The quantitative estimate of drug-likeness (QED) is 0.838. The molecule has 1 atom stereocenters. The van der Waals surface area contributed by atoms with E-state index in [0.29, 0.717) is 24.9 Å². The first-order chi connectivity index (χ1) is 11.3. The molecule has 2 aliphatic carbocycles. The largest absolute Gasteiger partial charge is 0.378 e. The number of hydrogen-bond donors (Lipinski definition) is 1. The summed E-state index contributed by atoms with van der Waals surface area (Å²) in [6, 6.07) is 0.572. The highest BCUT2D eigenvalue weighted by atomic mass is 16.5. The van der Waals surface area contributed by atoms with E-state index in [2.05, 4.69) is 20.1 Å². The van der Waals surface area contributed by atoms with E-state index in [1.165, 1.54) is 32.1 Å². The van der Waals surface area contributed by atoms with Gasteiger partial charge in [-0.3, -0.25) is 4.79 Å². The Morgan fingerprint density at radius 2 is 2.04 bits per heavy atom. The fourth-order valence-electron chi connectivity index (χ4n) is 3.40. The van der Waals surface area contributed by atoms with Gasteiger partial charge in [-0.05, 0) is 51.4 Å². The van der Waals surface area contributed by atoms with Gasteiger partial charge in [0.05, 0.1) is 12.6 Å². The van der Waals surface area contributed by atoms with Gasteiger partial charge in [0.25, 0.3) is 0 Å². The van der Waals surface area contributed by atoms with Gasteiger partial charge in [-0.15, -0.1) is 10.2 Å². The van der Waals surface area contributed by atoms with Crippen molar-refractivity contribution in [2.45, 2.75) is 82.4 Å². The Morgan fingerprint density at radius 1 is 1.17 bits per heavy atom. The van der Waals surface area contributed by atoms with E-state index < -0.39 is 0 Å². The maximum absolute atomic E-state index is 12.1. The second-order valence-corrected chi connectivity index (χ2v) is 7.15. The van der Waals surface area contributed by atoms with E-state index in [1.807, 2.05) is 0 Å². The smallest absolute Gasteiger partial charge is 0.220 e. The average molecular weight is 318 g/mol. The van der Waals surface area contributed by atoms with Gasteiger partial charge in [-0.25, -0.2) is 0 Å². The zero-order valence-corrected chi connectivity index (χ0v) is 13.7. The van der Waals surface area contributed by atoms with Gasteiger partial charge in [0, 0.05) is 25.0 Å². The summed E-state index contributed by atoms with van der Waals surface area (Å²) in [6.45, 7) is 1.35. The second-order valence-electron chi connectivity index (χ2n) is 7.15. The van der Waals surface area contributed by atoms with Crippen LogP contribution in [0.4, 0.5) is 0 Å². The fourth-order valence-corrected chi connectivity index (χ4v) is 3.40. The van der Waals surface area contributed by atoms with Crippen LogP contribution < -0.4 is 5.32 Å². The first-order valence-corrected chi connectivity index (χ1v) is 9.13. The predicted octanol–water partition coefficient (Wildman–Crippen LogP) is 2.46. The van der Waals surface area contributed by atoms with Gasteiger partial charge in [0.2, 0.25) is 5.91 Å². The summed E-state index contributed by atoms with van der Waals surface area (Å²) in [5, 5.41) is 11.7. The lowest BCUT2D eigenvalue weighted by Gasteiger charge is -2.22. The Hall–Kier alpha value is -1.43. The Kier molecular flexibility index (Phi) is 4.33. The van der Waals surface area contributed by atoms with Crippen LogP contribution in [-0.4, -0.2) is 33.4 Å². The molecular weight excluding hydrogens is 292 g/mol. The highest BCUT2D eigenvalue weighted by Crippen LogP contribution is 2.44. The first kappa shape index (κ1) is 15.1. The molecule has 0 bridgehead atoms. The second kappa shape index (κ2) is 6.59. The topological polar surface area (TPSA) is 69.0 Å². The van der Waals surface area contributed by atoms with E-state index in [9.17, 15) is 4.79 Å². The van der Waals surface area contributed by atoms with E-state index in [1.54, 1.807) is 0 Å². The Bertz CT molecular complexity index is 557. The third kappa shape index (κ3) is 3.74. The molecule has 0 aromatic carbocycles. The monoisotopic (exact) mass is 318 g/mol. The molecule has 1 aliphatic heterocycles. The van der Waals surface area contributed by atoms with Gasteiger partial charge in [-0.2, -0.15) is 0 Å². The number of rotatable bonds is 7. The van der Waals surface area contributed by atoms with Crippen molar-refractivity contribution in [2.24, 2.45) is 0 Å². The SMILES string of the molecule is O=C(CCC1CCCCO1)NCc1nnc(C2CC2)n1C1CC1. The van der Waals surface area contributed by atoms with Gasteiger partial charge in [-0.1, -0.05) is 0 Å². The maximum Gasteiger partial charge on any atom is 0.220 e. The van der Waals surface area contributed by atoms with Gasteiger partial charge in [0.15, 0.2) is 5.82 Å². The van der Waals surface area contributed by atoms with Gasteiger partial charge >= 0.3 is 0 Å². The summed E-state index contributed by atoms with van der Waals surface area (Å²) >= 11 is 0. The summed E-state index contributed by atoms with van der Waals surface area (Å²) < 4.78 is 7.97. The molecule has 3 fully saturated rings. The van der Waals surface area contributed by atoms with Crippen LogP contribution in [0.2, 0.25) is 0 Å². The highest BCUT2D eigenvalue weighted by Gasteiger charge is 2.36. The molecule has 1 amide bonds. The number of hydrogen-bond acceptors (Lipinski definition) is 4. The number of nitrogens with one attached hydrogen (secondary N) is 1. The van der Waals surface area contributed by atoms with Crippen molar-refractivity contribution in [2.75, 3.05) is 6.61 Å². The first-order valence-electron chi connectivity index (χ1n) is 9.13. The molecule has 1 aromatic heterocycles. The average Bonchev–Trinajstić information content (AvgIpc) is 3.50. The molecule has 1 N–H and O–H groups in total. The van der Waals surface area contributed by atoms with Crippen LogP contribution in [0.15, 0.2) is 0 Å². The van der Waals surface area contributed by atoms with Crippen LogP contribution in [-0.2, 0) is 16.1 Å². The molecule has 6 heteroatoms. The minimum atomic E-state index is 0.0949. The number of aromatic nitrogens is 3. The molecule has 2 heterocycles. The molecule has 1 saturated heterocycles. The highest BCUT2D eigenvalue weighted by molar-refractivity contribution is 5.75. The molecule has 2 saturated carbocycles. The molecule has 1 aromatic rings. The minimum Gasteiger partial charge on any atom is -0.378 e. The maximum atomic E-state index is 12.1. The van der Waals surface area contributed by atoms with Crippen LogP contribution >= 0.6 is 0 Å². The van der Waals surface area contributed by atoms with Crippen molar-refractivity contribution in [3.63, 3.8) is 0 Å². The van der Waals surface area contributed by atoms with E-state index in [-0.39, 0.29) is 12.0 Å². The van der Waals surface area contributed by atoms with Crippen molar-refractivity contribution in [1.82, 2.24) is 20.1 Å². The van der Waals surface area contributed by atoms with Gasteiger partial charge < -0.3 is 14.6 Å². The van der Waals surface area contributed by atoms with Crippen LogP contribution in [0.5, 0.6) is 0 Å². The molecule has 6 nitrogen and oxygen atoms in total. The Morgan fingerprint density at radius 3 is 2.74 bits per heavy atom. The summed E-state index contributed by atoms with van der Waals surface area (Å²) in [4.78, 5) is 12.1. The van der Waals surface area contributed by atoms with Gasteiger partial charge in [0.1, 0.15) is 5.82 Å². The number of amides is 1. The summed E-state index contributed by atoms with van der Waals surface area (Å²) in [7, 11) is 0. The van der Waals surface area contributed by atoms with E-state index in [0.717, 1.165) is 37.5 Å². The Balaban J connectivity index is 1.28. The van der Waals surface area contributed by atoms with Crippen molar-refractivity contribution >= 4 is 5.91 Å². The summed E-state index contributed by atoms with van der Waals surface area (Å²) in [5.74, 6) is 2.78. The van der Waals surface area contributed by atoms with Crippen molar-refractivity contribution < 1.29 is 9.53 Å². The molecule has 23 heavy (non-hydrogen) atoms. The predicted molar refractivity (Wildman–Crippen MR) is 84.9 cm³/mol. The molecule has 126 valence electrons. The van der Waals surface area contributed by atoms with Crippen molar-refractivity contribution in [1.29, 1.82) is 0 Å². The molecule has 1 unspecified atom stereocenters. The minimum absolute atomic E-state index is 0.0949. The number of carbonyl (C=O) groups is 1.